The van der Waals surface area contributed by atoms with E-state index in [1.807, 2.05) is 0 Å². The quantitative estimate of drug-likeness (QED) is 0.731. The van der Waals surface area contributed by atoms with E-state index in [-0.39, 0.29) is 0 Å². The molecule has 0 saturated carbocycles. The van der Waals surface area contributed by atoms with Gasteiger partial charge in [0.25, 0.3) is 0 Å². The smallest absolute Gasteiger partial charge is 0.164 e. The Hall–Kier alpha value is -1.22. The van der Waals surface area contributed by atoms with Crippen LogP contribution in [0.5, 0.6) is 11.5 Å². The monoisotopic (exact) mass is 331 g/mol. The Bertz CT molecular complexity index is 563. The average Bonchev–Trinajstić information content (AvgIpc) is 2.61. The van der Waals surface area contributed by atoms with Gasteiger partial charge in [0.2, 0.25) is 0 Å². The third kappa shape index (κ3) is 3.03. The summed E-state index contributed by atoms with van der Waals surface area (Å²) in [7, 11) is 3.54. The molecule has 0 fully saturated rings. The zero-order valence-corrected chi connectivity index (χ0v) is 15.9. The zero-order valence-electron chi connectivity index (χ0n) is 15.9. The summed E-state index contributed by atoms with van der Waals surface area (Å²) < 4.78 is 11.4. The third-order valence-electron chi connectivity index (χ3n) is 5.88. The maximum Gasteiger partial charge on any atom is 0.164 e. The van der Waals surface area contributed by atoms with E-state index < -0.39 is 0 Å². The molecule has 0 N–H and O–H groups in total. The molecule has 2 atom stereocenters. The first kappa shape index (κ1) is 17.6. The van der Waals surface area contributed by atoms with E-state index in [9.17, 15) is 0 Å². The van der Waals surface area contributed by atoms with E-state index in [0.29, 0.717) is 12.0 Å². The Morgan fingerprint density at radius 3 is 2.42 bits per heavy atom. The van der Waals surface area contributed by atoms with Gasteiger partial charge < -0.3 is 9.47 Å². The highest BCUT2D eigenvalue weighted by atomic mass is 16.5. The fraction of sp³-hybridized carbons (Fsp3) is 0.714. The minimum Gasteiger partial charge on any atom is -0.493 e. The minimum atomic E-state index is 0.676. The van der Waals surface area contributed by atoms with Crippen molar-refractivity contribution in [2.45, 2.75) is 70.8 Å². The Morgan fingerprint density at radius 2 is 1.79 bits per heavy atom. The second kappa shape index (κ2) is 7.77. The Morgan fingerprint density at radius 1 is 1.04 bits per heavy atom. The molecule has 24 heavy (non-hydrogen) atoms. The van der Waals surface area contributed by atoms with Crippen LogP contribution >= 0.6 is 0 Å². The van der Waals surface area contributed by atoms with E-state index in [4.69, 9.17) is 9.47 Å². The maximum atomic E-state index is 5.76. The van der Waals surface area contributed by atoms with E-state index in [1.54, 1.807) is 19.8 Å². The molecular formula is C21H33NO2. The third-order valence-corrected chi connectivity index (χ3v) is 5.88. The summed E-state index contributed by atoms with van der Waals surface area (Å²) in [6.45, 7) is 7.07. The lowest BCUT2D eigenvalue weighted by atomic mass is 9.70. The normalized spacial score (nSPS) is 22.4. The second-order valence-electron chi connectivity index (χ2n) is 7.30. The summed E-state index contributed by atoms with van der Waals surface area (Å²) in [5.74, 6) is 2.58. The highest BCUT2D eigenvalue weighted by Crippen LogP contribution is 2.49. The van der Waals surface area contributed by atoms with Crippen LogP contribution in [0.1, 0.15) is 68.6 Å². The molecule has 0 amide bonds. The van der Waals surface area contributed by atoms with Gasteiger partial charge in [0.15, 0.2) is 11.5 Å². The van der Waals surface area contributed by atoms with Crippen molar-refractivity contribution in [2.75, 3.05) is 27.3 Å². The van der Waals surface area contributed by atoms with Crippen LogP contribution in [0, 0.1) is 0 Å². The van der Waals surface area contributed by atoms with E-state index >= 15 is 0 Å². The first-order valence-corrected chi connectivity index (χ1v) is 9.75. The van der Waals surface area contributed by atoms with Crippen molar-refractivity contribution in [3.8, 4) is 11.5 Å². The topological polar surface area (TPSA) is 21.7 Å². The van der Waals surface area contributed by atoms with Crippen LogP contribution in [-0.4, -0.2) is 38.3 Å². The van der Waals surface area contributed by atoms with Crippen LogP contribution in [0.3, 0.4) is 0 Å². The number of hydrogen-bond donors (Lipinski definition) is 0. The van der Waals surface area contributed by atoms with Crippen LogP contribution in [0.4, 0.5) is 0 Å². The molecule has 2 aliphatic rings. The molecule has 0 radical (unpaired) electrons. The lowest BCUT2D eigenvalue weighted by molar-refractivity contribution is 0.145. The molecular weight excluding hydrogens is 298 g/mol. The molecule has 3 heteroatoms. The van der Waals surface area contributed by atoms with Gasteiger partial charge in [-0.3, -0.25) is 4.90 Å². The molecule has 2 unspecified atom stereocenters. The summed E-state index contributed by atoms with van der Waals surface area (Å²) in [5, 5.41) is 0. The fourth-order valence-electron chi connectivity index (χ4n) is 5.05. The molecule has 0 bridgehead atoms. The van der Waals surface area contributed by atoms with Gasteiger partial charge in [-0.1, -0.05) is 13.8 Å². The van der Waals surface area contributed by atoms with Gasteiger partial charge in [0.05, 0.1) is 14.2 Å². The van der Waals surface area contributed by atoms with E-state index in [2.05, 4.69) is 24.8 Å². The molecule has 134 valence electrons. The first-order chi connectivity index (χ1) is 11.7. The largest absolute Gasteiger partial charge is 0.493 e. The van der Waals surface area contributed by atoms with Gasteiger partial charge >= 0.3 is 0 Å². The number of methoxy groups -OCH3 is 2. The van der Waals surface area contributed by atoms with Crippen LogP contribution in [0.25, 0.3) is 0 Å². The van der Waals surface area contributed by atoms with Crippen molar-refractivity contribution in [1.29, 1.82) is 0 Å². The molecule has 0 spiro atoms. The van der Waals surface area contributed by atoms with E-state index in [1.165, 1.54) is 62.7 Å². The van der Waals surface area contributed by atoms with Crippen molar-refractivity contribution < 1.29 is 9.47 Å². The molecule has 0 aliphatic heterocycles. The number of rotatable bonds is 7. The fourth-order valence-corrected chi connectivity index (χ4v) is 5.05. The molecule has 3 rings (SSSR count). The lowest BCUT2D eigenvalue weighted by Crippen LogP contribution is -2.44. The van der Waals surface area contributed by atoms with Crippen molar-refractivity contribution in [1.82, 2.24) is 4.90 Å². The Balaban J connectivity index is 2.02. The van der Waals surface area contributed by atoms with Crippen LogP contribution < -0.4 is 9.47 Å². The summed E-state index contributed by atoms with van der Waals surface area (Å²) >= 11 is 0. The van der Waals surface area contributed by atoms with Gasteiger partial charge in [0.1, 0.15) is 0 Å². The summed E-state index contributed by atoms with van der Waals surface area (Å²) in [6, 6.07) is 2.95. The van der Waals surface area contributed by atoms with Gasteiger partial charge in [-0.05, 0) is 75.2 Å². The molecule has 2 aliphatic carbocycles. The van der Waals surface area contributed by atoms with Crippen LogP contribution in [0.15, 0.2) is 6.07 Å². The summed E-state index contributed by atoms with van der Waals surface area (Å²) in [5.41, 5.74) is 4.55. The van der Waals surface area contributed by atoms with Crippen molar-refractivity contribution in [3.05, 3.63) is 22.8 Å². The SMILES string of the molecule is CCCN(CCC)C1CCc2cc(OC)c(OC)c3c2C1CCC3. The van der Waals surface area contributed by atoms with Crippen LogP contribution in [0.2, 0.25) is 0 Å². The molecule has 0 heterocycles. The summed E-state index contributed by atoms with van der Waals surface area (Å²) in [6.07, 6.45) is 8.67. The molecule has 3 nitrogen and oxygen atoms in total. The summed E-state index contributed by atoms with van der Waals surface area (Å²) in [4.78, 5) is 2.76. The average molecular weight is 332 g/mol. The minimum absolute atomic E-state index is 0.676. The predicted octanol–water partition coefficient (Wildman–Crippen LogP) is 4.56. The number of nitrogens with zero attached hydrogens (tertiary/aromatic N) is 1. The van der Waals surface area contributed by atoms with Gasteiger partial charge in [0, 0.05) is 17.5 Å². The van der Waals surface area contributed by atoms with Gasteiger partial charge in [-0.25, -0.2) is 0 Å². The standard InChI is InChI=1S/C21H33NO2/c1-5-12-22(13-6-2)18-11-10-15-14-19(23-3)21(24-4)17-9-7-8-16(18)20(15)17/h14,16,18H,5-13H2,1-4H3. The molecule has 1 aromatic rings. The van der Waals surface area contributed by atoms with Crippen molar-refractivity contribution in [3.63, 3.8) is 0 Å². The van der Waals surface area contributed by atoms with Gasteiger partial charge in [-0.15, -0.1) is 0 Å². The van der Waals surface area contributed by atoms with Crippen molar-refractivity contribution in [2.24, 2.45) is 0 Å². The molecule has 0 aromatic heterocycles. The van der Waals surface area contributed by atoms with Gasteiger partial charge in [-0.2, -0.15) is 0 Å². The number of aryl methyl sites for hydroxylation is 1. The highest BCUT2D eigenvalue weighted by Gasteiger charge is 2.38. The second-order valence-corrected chi connectivity index (χ2v) is 7.30. The molecule has 0 saturated heterocycles. The Kier molecular flexibility index (Phi) is 5.70. The first-order valence-electron chi connectivity index (χ1n) is 9.75. The number of ether oxygens (including phenoxy) is 2. The van der Waals surface area contributed by atoms with E-state index in [0.717, 1.165) is 17.9 Å². The maximum absolute atomic E-state index is 5.76. The lowest BCUT2D eigenvalue weighted by Gasteiger charge is -2.44. The predicted molar refractivity (Wildman–Crippen MR) is 99.5 cm³/mol. The van der Waals surface area contributed by atoms with Crippen LogP contribution in [-0.2, 0) is 12.8 Å². The zero-order chi connectivity index (χ0) is 17.1. The van der Waals surface area contributed by atoms with Crippen molar-refractivity contribution >= 4 is 0 Å². The highest BCUT2D eigenvalue weighted by molar-refractivity contribution is 5.58. The molecule has 1 aromatic carbocycles. The number of hydrogen-bond acceptors (Lipinski definition) is 3. The Labute approximate surface area is 147 Å². The number of benzene rings is 1.